The van der Waals surface area contributed by atoms with Gasteiger partial charge in [-0.05, 0) is 30.3 Å². The van der Waals surface area contributed by atoms with E-state index in [4.69, 9.17) is 17.3 Å². The number of amides is 1. The summed E-state index contributed by atoms with van der Waals surface area (Å²) < 4.78 is 0. The molecule has 0 aliphatic rings. The molecule has 0 unspecified atom stereocenters. The molecule has 0 saturated carbocycles. The lowest BCUT2D eigenvalue weighted by molar-refractivity contribution is 0.102. The number of nitrogens with one attached hydrogen (secondary N) is 1. The highest BCUT2D eigenvalue weighted by Gasteiger charge is 2.13. The van der Waals surface area contributed by atoms with E-state index in [1.54, 1.807) is 12.3 Å². The first kappa shape index (κ1) is 13.3. The van der Waals surface area contributed by atoms with Crippen LogP contribution in [-0.2, 0) is 0 Å². The van der Waals surface area contributed by atoms with Crippen LogP contribution in [0.4, 0.5) is 11.4 Å². The van der Waals surface area contributed by atoms with Gasteiger partial charge in [0.15, 0.2) is 0 Å². The summed E-state index contributed by atoms with van der Waals surface area (Å²) >= 11 is 5.94. The van der Waals surface area contributed by atoms with Gasteiger partial charge >= 0.3 is 0 Å². The monoisotopic (exact) mass is 298 g/mol. The van der Waals surface area contributed by atoms with Crippen molar-refractivity contribution in [1.82, 2.24) is 9.97 Å². The van der Waals surface area contributed by atoms with Crippen LogP contribution in [0.3, 0.4) is 0 Å². The van der Waals surface area contributed by atoms with E-state index in [-0.39, 0.29) is 16.6 Å². The van der Waals surface area contributed by atoms with Gasteiger partial charge in [-0.3, -0.25) is 9.78 Å². The van der Waals surface area contributed by atoms with Crippen molar-refractivity contribution >= 4 is 39.8 Å². The summed E-state index contributed by atoms with van der Waals surface area (Å²) in [5.41, 5.74) is 7.71. The number of carbonyl (C=O) groups excluding carboxylic acids is 1. The second-order valence-corrected chi connectivity index (χ2v) is 4.79. The summed E-state index contributed by atoms with van der Waals surface area (Å²) in [7, 11) is 0. The average molecular weight is 299 g/mol. The van der Waals surface area contributed by atoms with Gasteiger partial charge in [0, 0.05) is 11.6 Å². The van der Waals surface area contributed by atoms with Crippen molar-refractivity contribution in [2.24, 2.45) is 0 Å². The molecule has 0 aliphatic heterocycles. The van der Waals surface area contributed by atoms with E-state index in [1.807, 2.05) is 24.3 Å². The fourth-order valence-electron chi connectivity index (χ4n) is 2.03. The van der Waals surface area contributed by atoms with Gasteiger partial charge < -0.3 is 11.1 Å². The quantitative estimate of drug-likeness (QED) is 0.712. The van der Waals surface area contributed by atoms with Gasteiger partial charge in [0.2, 0.25) is 0 Å². The van der Waals surface area contributed by atoms with Crippen LogP contribution in [0, 0.1) is 0 Å². The minimum Gasteiger partial charge on any atom is -0.397 e. The third-order valence-electron chi connectivity index (χ3n) is 3.00. The first-order valence-corrected chi connectivity index (χ1v) is 6.59. The van der Waals surface area contributed by atoms with Crippen molar-refractivity contribution in [1.29, 1.82) is 0 Å². The number of nitrogens with two attached hydrogens (primary N) is 1. The lowest BCUT2D eigenvalue weighted by atomic mass is 10.1. The maximum Gasteiger partial charge on any atom is 0.258 e. The van der Waals surface area contributed by atoms with Gasteiger partial charge in [-0.15, -0.1) is 0 Å². The summed E-state index contributed by atoms with van der Waals surface area (Å²) in [6.45, 7) is 0. The minimum absolute atomic E-state index is 0.111. The van der Waals surface area contributed by atoms with Gasteiger partial charge in [0.1, 0.15) is 5.15 Å². The van der Waals surface area contributed by atoms with Gasteiger partial charge in [0.25, 0.3) is 5.91 Å². The zero-order valence-electron chi connectivity index (χ0n) is 10.9. The molecule has 21 heavy (non-hydrogen) atoms. The van der Waals surface area contributed by atoms with Crippen LogP contribution in [0.2, 0.25) is 5.15 Å². The molecule has 0 fully saturated rings. The zero-order chi connectivity index (χ0) is 14.8. The molecule has 3 aromatic rings. The average Bonchev–Trinajstić information content (AvgIpc) is 2.50. The van der Waals surface area contributed by atoms with Crippen molar-refractivity contribution in [3.8, 4) is 0 Å². The normalized spacial score (nSPS) is 10.5. The first-order valence-electron chi connectivity index (χ1n) is 6.21. The van der Waals surface area contributed by atoms with Crippen LogP contribution in [0.25, 0.3) is 10.9 Å². The Kier molecular flexibility index (Phi) is 3.41. The molecule has 3 rings (SSSR count). The van der Waals surface area contributed by atoms with Crippen LogP contribution in [0.5, 0.6) is 0 Å². The number of nitrogen functional groups attached to an aromatic ring is 1. The predicted octanol–water partition coefficient (Wildman–Crippen LogP) is 3.12. The standard InChI is InChI=1S/C15H11ClN4O/c16-14-11(7-9(17)8-19-14)15(21)20-13-5-1-4-12-10(13)3-2-6-18-12/h1-8H,17H2,(H,20,21). The number of rotatable bonds is 2. The summed E-state index contributed by atoms with van der Waals surface area (Å²) in [6, 6.07) is 10.7. The predicted molar refractivity (Wildman–Crippen MR) is 83.4 cm³/mol. The van der Waals surface area contributed by atoms with Crippen molar-refractivity contribution in [2.75, 3.05) is 11.1 Å². The lowest BCUT2D eigenvalue weighted by Gasteiger charge is -2.09. The SMILES string of the molecule is Nc1cnc(Cl)c(C(=O)Nc2cccc3ncccc23)c1. The third kappa shape index (κ3) is 2.64. The highest BCUT2D eigenvalue weighted by Crippen LogP contribution is 2.23. The second kappa shape index (κ2) is 5.38. The smallest absolute Gasteiger partial charge is 0.258 e. The largest absolute Gasteiger partial charge is 0.397 e. The van der Waals surface area contributed by atoms with Crippen LogP contribution in [-0.4, -0.2) is 15.9 Å². The number of anilines is 2. The van der Waals surface area contributed by atoms with Crippen LogP contribution in [0.1, 0.15) is 10.4 Å². The maximum absolute atomic E-state index is 12.3. The van der Waals surface area contributed by atoms with Crippen LogP contribution >= 0.6 is 11.6 Å². The van der Waals surface area contributed by atoms with E-state index < -0.39 is 0 Å². The molecule has 3 N–H and O–H groups in total. The zero-order valence-corrected chi connectivity index (χ0v) is 11.6. The number of aromatic nitrogens is 2. The van der Waals surface area contributed by atoms with Gasteiger partial charge in [-0.2, -0.15) is 0 Å². The van der Waals surface area contributed by atoms with Crippen molar-refractivity contribution < 1.29 is 4.79 Å². The molecule has 0 bridgehead atoms. The molecule has 0 aliphatic carbocycles. The highest BCUT2D eigenvalue weighted by atomic mass is 35.5. The van der Waals surface area contributed by atoms with Gasteiger partial charge in [-0.25, -0.2) is 4.98 Å². The fraction of sp³-hybridized carbons (Fsp3) is 0. The molecule has 0 radical (unpaired) electrons. The van der Waals surface area contributed by atoms with Crippen molar-refractivity contribution in [2.45, 2.75) is 0 Å². The van der Waals surface area contributed by atoms with Crippen molar-refractivity contribution in [3.05, 3.63) is 59.5 Å². The van der Waals surface area contributed by atoms with E-state index in [9.17, 15) is 4.79 Å². The Morgan fingerprint density at radius 1 is 1.19 bits per heavy atom. The highest BCUT2D eigenvalue weighted by molar-refractivity contribution is 6.33. The fourth-order valence-corrected chi connectivity index (χ4v) is 2.21. The number of carbonyl (C=O) groups is 1. The van der Waals surface area contributed by atoms with Crippen molar-refractivity contribution in [3.63, 3.8) is 0 Å². The maximum atomic E-state index is 12.3. The Bertz CT molecular complexity index is 830. The number of halogens is 1. The summed E-state index contributed by atoms with van der Waals surface area (Å²) in [4.78, 5) is 20.4. The molecule has 104 valence electrons. The van der Waals surface area contributed by atoms with E-state index in [2.05, 4.69) is 15.3 Å². The van der Waals surface area contributed by atoms with Crippen LogP contribution in [0.15, 0.2) is 48.8 Å². The number of hydrogen-bond acceptors (Lipinski definition) is 4. The second-order valence-electron chi connectivity index (χ2n) is 4.44. The summed E-state index contributed by atoms with van der Waals surface area (Å²) in [5, 5.41) is 3.77. The van der Waals surface area contributed by atoms with E-state index in [1.165, 1.54) is 12.3 Å². The Morgan fingerprint density at radius 3 is 2.90 bits per heavy atom. The molecule has 1 amide bonds. The number of fused-ring (bicyclic) bond motifs is 1. The van der Waals surface area contributed by atoms with E-state index >= 15 is 0 Å². The molecule has 0 atom stereocenters. The molecular weight excluding hydrogens is 288 g/mol. The van der Waals surface area contributed by atoms with E-state index in [0.717, 1.165) is 10.9 Å². The first-order chi connectivity index (χ1) is 10.1. The van der Waals surface area contributed by atoms with Gasteiger partial charge in [-0.1, -0.05) is 17.7 Å². The third-order valence-corrected chi connectivity index (χ3v) is 3.30. The molecule has 2 heterocycles. The number of hydrogen-bond donors (Lipinski definition) is 2. The Balaban J connectivity index is 1.99. The Hall–Kier alpha value is -2.66. The molecular formula is C15H11ClN4O. The molecule has 0 saturated heterocycles. The summed E-state index contributed by atoms with van der Waals surface area (Å²) in [5.74, 6) is -0.365. The topological polar surface area (TPSA) is 80.9 Å². The van der Waals surface area contributed by atoms with E-state index in [0.29, 0.717) is 11.4 Å². The molecule has 2 aromatic heterocycles. The summed E-state index contributed by atoms with van der Waals surface area (Å²) in [6.07, 6.45) is 3.10. The van der Waals surface area contributed by atoms with Crippen LogP contribution < -0.4 is 11.1 Å². The molecule has 0 spiro atoms. The Morgan fingerprint density at radius 2 is 2.05 bits per heavy atom. The molecule has 1 aromatic carbocycles. The number of benzene rings is 1. The number of pyridine rings is 2. The molecule has 6 heteroatoms. The molecule has 5 nitrogen and oxygen atoms in total. The number of nitrogens with zero attached hydrogens (tertiary/aromatic N) is 2. The Labute approximate surface area is 125 Å². The minimum atomic E-state index is -0.365. The lowest BCUT2D eigenvalue weighted by Crippen LogP contribution is -2.13. The van der Waals surface area contributed by atoms with Gasteiger partial charge in [0.05, 0.1) is 28.7 Å².